The van der Waals surface area contributed by atoms with Gasteiger partial charge in [0.1, 0.15) is 0 Å². The predicted molar refractivity (Wildman–Crippen MR) is 98.7 cm³/mol. The summed E-state index contributed by atoms with van der Waals surface area (Å²) in [6.07, 6.45) is -0.127. The summed E-state index contributed by atoms with van der Waals surface area (Å²) in [6, 6.07) is 3.88. The highest BCUT2D eigenvalue weighted by atomic mass is 32.1. The Morgan fingerprint density at radius 3 is 2.62 bits per heavy atom. The lowest BCUT2D eigenvalue weighted by Crippen LogP contribution is -2.25. The van der Waals surface area contributed by atoms with E-state index in [2.05, 4.69) is 4.98 Å². The largest absolute Gasteiger partial charge is 0.462 e. The Bertz CT molecular complexity index is 791. The van der Waals surface area contributed by atoms with Crippen molar-refractivity contribution in [3.8, 4) is 0 Å². The van der Waals surface area contributed by atoms with E-state index in [0.29, 0.717) is 23.2 Å². The summed E-state index contributed by atoms with van der Waals surface area (Å²) in [5.41, 5.74) is 1.68. The number of carbonyl (C=O) groups is 3. The molecule has 140 valence electrons. The van der Waals surface area contributed by atoms with Crippen LogP contribution in [0, 0.1) is 13.8 Å². The number of ketones is 1. The average molecular weight is 377 g/mol. The van der Waals surface area contributed by atoms with Crippen molar-refractivity contribution in [2.75, 3.05) is 6.61 Å². The minimum Gasteiger partial charge on any atom is -0.462 e. The molecule has 2 rings (SSSR count). The SMILES string of the molecule is CCOC(=O)c1c(C)[nH]c(C(=O)[C@H](C)OC(=O)CCc2cccs2)c1C. The first kappa shape index (κ1) is 19.9. The van der Waals surface area contributed by atoms with Crippen LogP contribution in [0.2, 0.25) is 0 Å². The molecular weight excluding hydrogens is 354 g/mol. The maximum absolute atomic E-state index is 12.6. The first-order chi connectivity index (χ1) is 12.3. The highest BCUT2D eigenvalue weighted by Crippen LogP contribution is 2.21. The van der Waals surface area contributed by atoms with Crippen molar-refractivity contribution in [2.24, 2.45) is 0 Å². The summed E-state index contributed by atoms with van der Waals surface area (Å²) in [6.45, 7) is 6.89. The number of aromatic amines is 1. The number of rotatable bonds is 8. The second kappa shape index (κ2) is 8.80. The Morgan fingerprint density at radius 2 is 2.00 bits per heavy atom. The minimum absolute atomic E-state index is 0.217. The lowest BCUT2D eigenvalue weighted by atomic mass is 10.1. The summed E-state index contributed by atoms with van der Waals surface area (Å²) >= 11 is 1.58. The zero-order chi connectivity index (χ0) is 19.3. The van der Waals surface area contributed by atoms with Crippen LogP contribution in [-0.2, 0) is 20.7 Å². The van der Waals surface area contributed by atoms with Crippen LogP contribution in [0.4, 0.5) is 0 Å². The van der Waals surface area contributed by atoms with E-state index in [9.17, 15) is 14.4 Å². The Labute approximate surface area is 156 Å². The Kier molecular flexibility index (Phi) is 6.74. The Morgan fingerprint density at radius 1 is 1.27 bits per heavy atom. The summed E-state index contributed by atoms with van der Waals surface area (Å²) in [4.78, 5) is 40.6. The van der Waals surface area contributed by atoms with Gasteiger partial charge in [0, 0.05) is 10.6 Å². The fourth-order valence-corrected chi connectivity index (χ4v) is 3.41. The molecule has 0 unspecified atom stereocenters. The van der Waals surface area contributed by atoms with Crippen molar-refractivity contribution in [1.82, 2.24) is 4.98 Å². The number of hydrogen-bond acceptors (Lipinski definition) is 6. The molecule has 0 aliphatic carbocycles. The zero-order valence-electron chi connectivity index (χ0n) is 15.4. The average Bonchev–Trinajstić information content (AvgIpc) is 3.20. The van der Waals surface area contributed by atoms with E-state index in [-0.39, 0.29) is 24.5 Å². The number of aromatic nitrogens is 1. The van der Waals surface area contributed by atoms with Crippen LogP contribution in [0.5, 0.6) is 0 Å². The van der Waals surface area contributed by atoms with E-state index in [1.54, 1.807) is 32.1 Å². The first-order valence-corrected chi connectivity index (χ1v) is 9.35. The highest BCUT2D eigenvalue weighted by Gasteiger charge is 2.27. The second-order valence-electron chi connectivity index (χ2n) is 5.92. The molecule has 26 heavy (non-hydrogen) atoms. The van der Waals surface area contributed by atoms with Gasteiger partial charge < -0.3 is 14.5 Å². The Hall–Kier alpha value is -2.41. The van der Waals surface area contributed by atoms with Crippen LogP contribution in [-0.4, -0.2) is 35.4 Å². The van der Waals surface area contributed by atoms with E-state index in [0.717, 1.165) is 4.88 Å². The molecule has 0 aliphatic heterocycles. The topological polar surface area (TPSA) is 85.5 Å². The number of aryl methyl sites for hydroxylation is 2. The number of carbonyl (C=O) groups excluding carboxylic acids is 3. The number of nitrogens with one attached hydrogen (secondary N) is 1. The molecule has 0 spiro atoms. The van der Waals surface area contributed by atoms with Crippen molar-refractivity contribution in [1.29, 1.82) is 0 Å². The molecule has 0 fully saturated rings. The van der Waals surface area contributed by atoms with Gasteiger partial charge in [0.2, 0.25) is 5.78 Å². The second-order valence-corrected chi connectivity index (χ2v) is 6.95. The van der Waals surface area contributed by atoms with Crippen LogP contribution in [0.15, 0.2) is 17.5 Å². The third-order valence-electron chi connectivity index (χ3n) is 4.00. The maximum Gasteiger partial charge on any atom is 0.340 e. The van der Waals surface area contributed by atoms with Gasteiger partial charge in [0.25, 0.3) is 0 Å². The van der Waals surface area contributed by atoms with Crippen LogP contribution in [0.1, 0.15) is 57.2 Å². The number of thiophene rings is 1. The Balaban J connectivity index is 2.02. The monoisotopic (exact) mass is 377 g/mol. The lowest BCUT2D eigenvalue weighted by molar-refractivity contribution is -0.146. The van der Waals surface area contributed by atoms with E-state index in [4.69, 9.17) is 9.47 Å². The molecule has 0 radical (unpaired) electrons. The summed E-state index contributed by atoms with van der Waals surface area (Å²) in [5, 5.41) is 1.95. The lowest BCUT2D eigenvalue weighted by Gasteiger charge is -2.12. The molecule has 0 saturated heterocycles. The third-order valence-corrected chi connectivity index (χ3v) is 4.93. The first-order valence-electron chi connectivity index (χ1n) is 8.47. The fraction of sp³-hybridized carbons (Fsp3) is 0.421. The molecule has 0 bridgehead atoms. The molecule has 0 aliphatic rings. The molecule has 0 amide bonds. The van der Waals surface area contributed by atoms with Gasteiger partial charge in [-0.05, 0) is 51.1 Å². The number of hydrogen-bond donors (Lipinski definition) is 1. The molecule has 0 saturated carbocycles. The smallest absolute Gasteiger partial charge is 0.340 e. The quantitative estimate of drug-likeness (QED) is 0.561. The van der Waals surface area contributed by atoms with Gasteiger partial charge in [-0.15, -0.1) is 11.3 Å². The predicted octanol–water partition coefficient (Wildman–Crippen LogP) is 3.62. The molecule has 7 heteroatoms. The van der Waals surface area contributed by atoms with Crippen molar-refractivity contribution < 1.29 is 23.9 Å². The standard InChI is InChI=1S/C19H23NO5S/c1-5-24-19(23)16-11(2)17(20-12(16)3)18(22)13(4)25-15(21)9-8-14-7-6-10-26-14/h6-7,10,13,20H,5,8-9H2,1-4H3/t13-/m0/s1. The normalized spacial score (nSPS) is 11.8. The van der Waals surface area contributed by atoms with E-state index in [1.165, 1.54) is 6.92 Å². The maximum atomic E-state index is 12.6. The van der Waals surface area contributed by atoms with Crippen molar-refractivity contribution in [2.45, 2.75) is 46.6 Å². The number of ether oxygens (including phenoxy) is 2. The number of esters is 2. The summed E-state index contributed by atoms with van der Waals surface area (Å²) < 4.78 is 10.3. The molecule has 1 N–H and O–H groups in total. The van der Waals surface area contributed by atoms with Crippen LogP contribution < -0.4 is 0 Å². The van der Waals surface area contributed by atoms with Gasteiger partial charge in [0.05, 0.1) is 24.3 Å². The van der Waals surface area contributed by atoms with Gasteiger partial charge >= 0.3 is 11.9 Å². The van der Waals surface area contributed by atoms with Crippen LogP contribution in [0.3, 0.4) is 0 Å². The van der Waals surface area contributed by atoms with Gasteiger partial charge in [-0.1, -0.05) is 6.07 Å². The van der Waals surface area contributed by atoms with Gasteiger partial charge in [-0.2, -0.15) is 0 Å². The molecular formula is C19H23NO5S. The van der Waals surface area contributed by atoms with E-state index in [1.807, 2.05) is 17.5 Å². The summed E-state index contributed by atoms with van der Waals surface area (Å²) in [5.74, 6) is -1.27. The van der Waals surface area contributed by atoms with Gasteiger partial charge in [0.15, 0.2) is 6.10 Å². The fourth-order valence-electron chi connectivity index (χ4n) is 2.70. The molecule has 2 aromatic heterocycles. The molecule has 2 heterocycles. The zero-order valence-corrected chi connectivity index (χ0v) is 16.2. The molecule has 2 aromatic rings. The number of H-pyrrole nitrogens is 1. The third kappa shape index (κ3) is 4.60. The summed E-state index contributed by atoms with van der Waals surface area (Å²) in [7, 11) is 0. The number of Topliss-reactive ketones (excluding diaryl/α,β-unsaturated/α-hetero) is 1. The highest BCUT2D eigenvalue weighted by molar-refractivity contribution is 7.09. The van der Waals surface area contributed by atoms with Crippen molar-refractivity contribution in [3.05, 3.63) is 44.9 Å². The van der Waals surface area contributed by atoms with Gasteiger partial charge in [-0.25, -0.2) is 4.79 Å². The van der Waals surface area contributed by atoms with Gasteiger partial charge in [-0.3, -0.25) is 9.59 Å². The van der Waals surface area contributed by atoms with Crippen molar-refractivity contribution in [3.63, 3.8) is 0 Å². The van der Waals surface area contributed by atoms with Crippen LogP contribution >= 0.6 is 11.3 Å². The molecule has 6 nitrogen and oxygen atoms in total. The molecule has 1 atom stereocenters. The molecule has 0 aromatic carbocycles. The van der Waals surface area contributed by atoms with Crippen LogP contribution in [0.25, 0.3) is 0 Å². The van der Waals surface area contributed by atoms with Crippen molar-refractivity contribution >= 4 is 29.1 Å². The van der Waals surface area contributed by atoms with E-state index >= 15 is 0 Å². The van der Waals surface area contributed by atoms with E-state index < -0.39 is 18.0 Å². The minimum atomic E-state index is -0.933.